The van der Waals surface area contributed by atoms with Crippen molar-refractivity contribution in [1.82, 2.24) is 0 Å². The van der Waals surface area contributed by atoms with Gasteiger partial charge in [0.1, 0.15) is 0 Å². The molecule has 0 bridgehead atoms. The molecule has 2 heteroatoms. The highest BCUT2D eigenvalue weighted by atomic mass is 28.4. The molecule has 0 amide bonds. The minimum atomic E-state index is -1.80. The minimum Gasteiger partial charge on any atom is -0.410 e. The fourth-order valence-electron chi connectivity index (χ4n) is 6.18. The molecule has 0 heterocycles. The molecule has 4 atom stereocenters. The van der Waals surface area contributed by atoms with E-state index in [4.69, 9.17) is 4.43 Å². The Morgan fingerprint density at radius 3 is 2.42 bits per heavy atom. The summed E-state index contributed by atoms with van der Waals surface area (Å²) in [7, 11) is -1.80. The van der Waals surface area contributed by atoms with Gasteiger partial charge in [0.25, 0.3) is 0 Å². The maximum Gasteiger partial charge on any atom is 0.192 e. The highest BCUT2D eigenvalue weighted by Gasteiger charge is 2.46. The fourth-order valence-corrected chi connectivity index (χ4v) is 7.48. The molecule has 0 saturated heterocycles. The summed E-state index contributed by atoms with van der Waals surface area (Å²) in [4.78, 5) is 0. The van der Waals surface area contributed by atoms with Crippen molar-refractivity contribution in [3.63, 3.8) is 0 Å². The number of hydrogen-bond acceptors (Lipinski definition) is 1. The van der Waals surface area contributed by atoms with Crippen molar-refractivity contribution < 1.29 is 4.43 Å². The number of hydrogen-bond donors (Lipinski definition) is 0. The zero-order chi connectivity index (χ0) is 23.2. The first-order chi connectivity index (χ1) is 14.3. The van der Waals surface area contributed by atoms with Gasteiger partial charge < -0.3 is 4.43 Å². The molecule has 0 unspecified atom stereocenters. The van der Waals surface area contributed by atoms with E-state index >= 15 is 0 Å². The van der Waals surface area contributed by atoms with Crippen LogP contribution in [-0.4, -0.2) is 14.4 Å². The molecular formula is C29H48OSi. The van der Waals surface area contributed by atoms with Gasteiger partial charge >= 0.3 is 0 Å². The van der Waals surface area contributed by atoms with E-state index < -0.39 is 8.32 Å². The van der Waals surface area contributed by atoms with Crippen LogP contribution in [-0.2, 0) is 4.43 Å². The van der Waals surface area contributed by atoms with Crippen LogP contribution in [0.4, 0.5) is 0 Å². The molecule has 0 radical (unpaired) electrons. The van der Waals surface area contributed by atoms with E-state index in [0.717, 1.165) is 18.8 Å². The summed E-state index contributed by atoms with van der Waals surface area (Å²) in [6, 6.07) is 0. The van der Waals surface area contributed by atoms with Crippen molar-refractivity contribution in [2.75, 3.05) is 0 Å². The summed E-state index contributed by atoms with van der Waals surface area (Å²) in [5.41, 5.74) is 8.30. The zero-order valence-electron chi connectivity index (χ0n) is 22.0. The first-order valence-corrected chi connectivity index (χ1v) is 15.6. The van der Waals surface area contributed by atoms with Gasteiger partial charge in [0.15, 0.2) is 8.32 Å². The maximum absolute atomic E-state index is 6.85. The van der Waals surface area contributed by atoms with Gasteiger partial charge in [-0.15, -0.1) is 0 Å². The summed E-state index contributed by atoms with van der Waals surface area (Å²) >= 11 is 0. The minimum absolute atomic E-state index is 0.190. The Balaban J connectivity index is 1.81. The van der Waals surface area contributed by atoms with Crippen LogP contribution in [0, 0.1) is 17.3 Å². The Morgan fingerprint density at radius 1 is 1.13 bits per heavy atom. The molecule has 3 aliphatic rings. The Kier molecular flexibility index (Phi) is 7.05. The van der Waals surface area contributed by atoms with Crippen molar-refractivity contribution in [2.24, 2.45) is 17.3 Å². The van der Waals surface area contributed by atoms with Crippen LogP contribution in [0.15, 0.2) is 46.6 Å². The second-order valence-electron chi connectivity index (χ2n) is 12.7. The van der Waals surface area contributed by atoms with Crippen LogP contribution in [0.3, 0.4) is 0 Å². The lowest BCUT2D eigenvalue weighted by Crippen LogP contribution is -2.45. The number of rotatable bonds is 3. The topological polar surface area (TPSA) is 9.23 Å². The Labute approximate surface area is 194 Å². The van der Waals surface area contributed by atoms with Gasteiger partial charge in [-0.3, -0.25) is 0 Å². The summed E-state index contributed by atoms with van der Waals surface area (Å²) in [5, 5.41) is 0.234. The molecule has 31 heavy (non-hydrogen) atoms. The number of fused-ring (bicyclic) bond motifs is 1. The van der Waals surface area contributed by atoms with E-state index in [2.05, 4.69) is 80.3 Å². The van der Waals surface area contributed by atoms with E-state index in [1.165, 1.54) is 37.7 Å². The highest BCUT2D eigenvalue weighted by molar-refractivity contribution is 6.74. The summed E-state index contributed by atoms with van der Waals surface area (Å²) in [6.45, 7) is 25.7. The molecule has 0 aromatic carbocycles. The van der Waals surface area contributed by atoms with Crippen LogP contribution < -0.4 is 0 Å². The van der Waals surface area contributed by atoms with E-state index in [-0.39, 0.29) is 11.1 Å². The van der Waals surface area contributed by atoms with Gasteiger partial charge in [-0.1, -0.05) is 75.6 Å². The Morgan fingerprint density at radius 2 is 1.81 bits per heavy atom. The van der Waals surface area contributed by atoms with E-state index in [9.17, 15) is 0 Å². The summed E-state index contributed by atoms with van der Waals surface area (Å²) < 4.78 is 6.85. The molecule has 3 saturated carbocycles. The lowest BCUT2D eigenvalue weighted by Gasteiger charge is -2.42. The first-order valence-electron chi connectivity index (χ1n) is 12.7. The predicted octanol–water partition coefficient (Wildman–Crippen LogP) is 9.15. The second kappa shape index (κ2) is 8.82. The molecule has 0 spiro atoms. The highest BCUT2D eigenvalue weighted by Crippen LogP contribution is 2.58. The third kappa shape index (κ3) is 4.91. The third-order valence-corrected chi connectivity index (χ3v) is 13.7. The molecule has 0 aliphatic heterocycles. The average molecular weight is 441 g/mol. The van der Waals surface area contributed by atoms with Crippen LogP contribution >= 0.6 is 0 Å². The molecule has 174 valence electrons. The van der Waals surface area contributed by atoms with Crippen LogP contribution in [0.1, 0.15) is 93.4 Å². The average Bonchev–Trinajstić information content (AvgIpc) is 3.00. The smallest absolute Gasteiger partial charge is 0.192 e. The first kappa shape index (κ1) is 24.8. The molecule has 0 aromatic heterocycles. The molecule has 3 rings (SSSR count). The lowest BCUT2D eigenvalue weighted by atomic mass is 9.65. The van der Waals surface area contributed by atoms with Gasteiger partial charge in [-0.05, 0) is 99.7 Å². The molecule has 0 aromatic rings. The van der Waals surface area contributed by atoms with E-state index in [0.29, 0.717) is 11.3 Å². The Hall–Kier alpha value is -0.863. The molecule has 3 aliphatic carbocycles. The van der Waals surface area contributed by atoms with E-state index in [1.54, 1.807) is 22.3 Å². The fraction of sp³-hybridized carbons (Fsp3) is 0.724. The van der Waals surface area contributed by atoms with Crippen molar-refractivity contribution >= 4 is 8.32 Å². The molecular weight excluding hydrogens is 392 g/mol. The second-order valence-corrected chi connectivity index (χ2v) is 17.4. The van der Waals surface area contributed by atoms with Gasteiger partial charge in [0, 0.05) is 0 Å². The summed E-state index contributed by atoms with van der Waals surface area (Å²) in [5.74, 6) is 1.26. The lowest BCUT2D eigenvalue weighted by molar-refractivity contribution is 0.189. The Bertz CT molecular complexity index is 799. The molecule has 1 nitrogen and oxygen atoms in total. The van der Waals surface area contributed by atoms with Crippen molar-refractivity contribution in [2.45, 2.75) is 118 Å². The third-order valence-electron chi connectivity index (χ3n) is 9.19. The van der Waals surface area contributed by atoms with Crippen molar-refractivity contribution in [3.8, 4) is 0 Å². The van der Waals surface area contributed by atoms with Gasteiger partial charge in [-0.2, -0.15) is 0 Å². The predicted molar refractivity (Wildman–Crippen MR) is 139 cm³/mol. The normalized spacial score (nSPS) is 35.1. The van der Waals surface area contributed by atoms with Gasteiger partial charge in [0.2, 0.25) is 0 Å². The molecule has 3 fully saturated rings. The zero-order valence-corrected chi connectivity index (χ0v) is 23.0. The maximum atomic E-state index is 6.85. The van der Waals surface area contributed by atoms with Crippen LogP contribution in [0.25, 0.3) is 0 Å². The van der Waals surface area contributed by atoms with Crippen molar-refractivity contribution in [1.29, 1.82) is 0 Å². The summed E-state index contributed by atoms with van der Waals surface area (Å²) in [6.07, 6.45) is 14.0. The quantitative estimate of drug-likeness (QED) is 0.314. The molecule has 0 N–H and O–H groups in total. The largest absolute Gasteiger partial charge is 0.410 e. The van der Waals surface area contributed by atoms with E-state index in [1.807, 2.05) is 0 Å². The van der Waals surface area contributed by atoms with Crippen LogP contribution in [0.5, 0.6) is 0 Å². The van der Waals surface area contributed by atoms with Crippen molar-refractivity contribution in [3.05, 3.63) is 46.6 Å². The SMILES string of the molecule is C=C1[C@H](C)C/C(=C/C=C2\CCC[C@]3(C)C(=C(C)C)CC[C@@H]23)C[C@H]1O[Si](C)(C)C(C)(C)C. The van der Waals surface area contributed by atoms with Gasteiger partial charge in [-0.25, -0.2) is 0 Å². The monoisotopic (exact) mass is 440 g/mol. The number of allylic oxidation sites excluding steroid dienone is 5. The van der Waals surface area contributed by atoms with Gasteiger partial charge in [0.05, 0.1) is 6.10 Å². The van der Waals surface area contributed by atoms with Crippen LogP contribution in [0.2, 0.25) is 18.1 Å². The standard InChI is InChI=1S/C29H48OSi/c1-20(2)25-15-16-26-24(12-11-17-29(25,26)8)14-13-23-18-21(3)22(4)27(19-23)30-31(9,10)28(5,6)7/h13-14,21,26-27H,4,11-12,15-19H2,1-3,5-10H3/b23-13-,24-14+/t21-,26+,27-,29-/m1/s1.